The van der Waals surface area contributed by atoms with E-state index < -0.39 is 0 Å². The SMILES string of the molecule is C[C@@H](Sc1nnc(COc2ccccc2)n1-c1ccccc1)C(=O)Nc1ccccc1. The number of ether oxygens (including phenoxy) is 1. The second kappa shape index (κ2) is 9.95. The Morgan fingerprint density at radius 1 is 0.935 bits per heavy atom. The highest BCUT2D eigenvalue weighted by atomic mass is 32.2. The average Bonchev–Trinajstić information content (AvgIpc) is 3.22. The number of benzene rings is 3. The molecule has 7 heteroatoms. The van der Waals surface area contributed by atoms with Crippen molar-refractivity contribution < 1.29 is 9.53 Å². The van der Waals surface area contributed by atoms with E-state index in [0.29, 0.717) is 11.0 Å². The molecule has 0 spiro atoms. The third kappa shape index (κ3) is 5.32. The smallest absolute Gasteiger partial charge is 0.237 e. The molecule has 0 unspecified atom stereocenters. The number of nitrogens with zero attached hydrogens (tertiary/aromatic N) is 3. The van der Waals surface area contributed by atoms with Gasteiger partial charge in [-0.05, 0) is 43.3 Å². The molecule has 1 heterocycles. The lowest BCUT2D eigenvalue weighted by Gasteiger charge is -2.14. The summed E-state index contributed by atoms with van der Waals surface area (Å²) in [6.07, 6.45) is 0. The second-order valence-corrected chi connectivity index (χ2v) is 8.09. The quantitative estimate of drug-likeness (QED) is 0.400. The van der Waals surface area contributed by atoms with Gasteiger partial charge in [0.15, 0.2) is 11.0 Å². The molecule has 0 aliphatic rings. The Morgan fingerprint density at radius 3 is 2.23 bits per heavy atom. The van der Waals surface area contributed by atoms with Crippen molar-refractivity contribution in [2.45, 2.75) is 23.9 Å². The van der Waals surface area contributed by atoms with Crippen LogP contribution in [0.4, 0.5) is 5.69 Å². The van der Waals surface area contributed by atoms with Crippen molar-refractivity contribution in [2.24, 2.45) is 0 Å². The molecule has 0 radical (unpaired) electrons. The maximum absolute atomic E-state index is 12.7. The Labute approximate surface area is 185 Å². The number of amides is 1. The number of anilines is 1. The zero-order valence-corrected chi connectivity index (χ0v) is 17.8. The summed E-state index contributed by atoms with van der Waals surface area (Å²) in [5.41, 5.74) is 1.68. The molecule has 1 atom stereocenters. The minimum absolute atomic E-state index is 0.0964. The highest BCUT2D eigenvalue weighted by molar-refractivity contribution is 8.00. The molecular weight excluding hydrogens is 408 g/mol. The van der Waals surface area contributed by atoms with Gasteiger partial charge in [0.05, 0.1) is 5.25 Å². The normalized spacial score (nSPS) is 11.6. The van der Waals surface area contributed by atoms with Gasteiger partial charge in [-0.25, -0.2) is 0 Å². The Balaban J connectivity index is 1.54. The van der Waals surface area contributed by atoms with E-state index in [1.54, 1.807) is 0 Å². The summed E-state index contributed by atoms with van der Waals surface area (Å²) in [5, 5.41) is 11.9. The first-order valence-electron chi connectivity index (χ1n) is 9.91. The number of aromatic nitrogens is 3. The van der Waals surface area contributed by atoms with E-state index in [1.807, 2.05) is 102 Å². The molecule has 0 aliphatic heterocycles. The number of hydrogen-bond donors (Lipinski definition) is 1. The molecule has 0 fully saturated rings. The lowest BCUT2D eigenvalue weighted by atomic mass is 10.3. The Morgan fingerprint density at radius 2 is 1.55 bits per heavy atom. The summed E-state index contributed by atoms with van der Waals surface area (Å²) in [7, 11) is 0. The van der Waals surface area contributed by atoms with Crippen LogP contribution in [0.1, 0.15) is 12.7 Å². The number of para-hydroxylation sites is 3. The van der Waals surface area contributed by atoms with Gasteiger partial charge in [-0.2, -0.15) is 0 Å². The van der Waals surface area contributed by atoms with Crippen LogP contribution in [-0.4, -0.2) is 25.9 Å². The van der Waals surface area contributed by atoms with E-state index in [2.05, 4.69) is 15.5 Å². The largest absolute Gasteiger partial charge is 0.486 e. The van der Waals surface area contributed by atoms with E-state index in [1.165, 1.54) is 11.8 Å². The topological polar surface area (TPSA) is 69.0 Å². The zero-order valence-electron chi connectivity index (χ0n) is 17.0. The first-order valence-corrected chi connectivity index (χ1v) is 10.8. The highest BCUT2D eigenvalue weighted by Gasteiger charge is 2.21. The van der Waals surface area contributed by atoms with Crippen molar-refractivity contribution in [2.75, 3.05) is 5.32 Å². The Bertz CT molecular complexity index is 1120. The number of carbonyl (C=O) groups excluding carboxylic acids is 1. The van der Waals surface area contributed by atoms with Gasteiger partial charge in [-0.15, -0.1) is 10.2 Å². The lowest BCUT2D eigenvalue weighted by molar-refractivity contribution is -0.115. The molecular formula is C24H22N4O2S. The van der Waals surface area contributed by atoms with Crippen LogP contribution >= 0.6 is 11.8 Å². The Kier molecular flexibility index (Phi) is 6.64. The van der Waals surface area contributed by atoms with Crippen LogP contribution in [0.2, 0.25) is 0 Å². The van der Waals surface area contributed by atoms with Crippen molar-refractivity contribution in [1.82, 2.24) is 14.8 Å². The van der Waals surface area contributed by atoms with Gasteiger partial charge in [0.1, 0.15) is 12.4 Å². The number of carbonyl (C=O) groups is 1. The van der Waals surface area contributed by atoms with Gasteiger partial charge in [-0.1, -0.05) is 66.4 Å². The third-order valence-electron chi connectivity index (χ3n) is 4.52. The molecule has 1 N–H and O–H groups in total. The fourth-order valence-corrected chi connectivity index (χ4v) is 3.83. The van der Waals surface area contributed by atoms with Gasteiger partial charge >= 0.3 is 0 Å². The third-order valence-corrected chi connectivity index (χ3v) is 5.56. The molecule has 0 bridgehead atoms. The monoisotopic (exact) mass is 430 g/mol. The first kappa shape index (κ1) is 20.7. The summed E-state index contributed by atoms with van der Waals surface area (Å²) >= 11 is 1.36. The van der Waals surface area contributed by atoms with Crippen LogP contribution in [0.3, 0.4) is 0 Å². The van der Waals surface area contributed by atoms with Crippen LogP contribution in [-0.2, 0) is 11.4 Å². The first-order chi connectivity index (χ1) is 15.2. The molecule has 1 aromatic heterocycles. The van der Waals surface area contributed by atoms with Gasteiger partial charge in [-0.3, -0.25) is 9.36 Å². The fourth-order valence-electron chi connectivity index (χ4n) is 2.95. The van der Waals surface area contributed by atoms with E-state index in [-0.39, 0.29) is 17.8 Å². The van der Waals surface area contributed by atoms with Crippen LogP contribution in [0, 0.1) is 0 Å². The summed E-state index contributed by atoms with van der Waals surface area (Å²) in [6.45, 7) is 2.12. The molecule has 3 aromatic carbocycles. The summed E-state index contributed by atoms with van der Waals surface area (Å²) in [6, 6.07) is 28.8. The Hall–Kier alpha value is -3.58. The minimum atomic E-state index is -0.366. The van der Waals surface area contributed by atoms with E-state index in [9.17, 15) is 4.79 Å². The standard InChI is InChI=1S/C24H22N4O2S/c1-18(23(29)25-19-11-5-2-6-12-19)31-24-27-26-22(17-30-21-15-9-4-10-16-21)28(24)20-13-7-3-8-14-20/h2-16,18H,17H2,1H3,(H,25,29)/t18-/m1/s1. The number of thioether (sulfide) groups is 1. The predicted octanol–water partition coefficient (Wildman–Crippen LogP) is 4.97. The van der Waals surface area contributed by atoms with Crippen molar-refractivity contribution in [3.63, 3.8) is 0 Å². The second-order valence-electron chi connectivity index (χ2n) is 6.79. The fraction of sp³-hybridized carbons (Fsp3) is 0.125. The minimum Gasteiger partial charge on any atom is -0.486 e. The molecule has 31 heavy (non-hydrogen) atoms. The van der Waals surface area contributed by atoms with E-state index in [4.69, 9.17) is 4.74 Å². The molecule has 156 valence electrons. The van der Waals surface area contributed by atoms with Crippen molar-refractivity contribution in [3.8, 4) is 11.4 Å². The zero-order chi connectivity index (χ0) is 21.5. The predicted molar refractivity (Wildman–Crippen MR) is 123 cm³/mol. The van der Waals surface area contributed by atoms with Gasteiger partial charge in [0.25, 0.3) is 0 Å². The highest BCUT2D eigenvalue weighted by Crippen LogP contribution is 2.27. The van der Waals surface area contributed by atoms with Gasteiger partial charge in [0.2, 0.25) is 5.91 Å². The molecule has 4 rings (SSSR count). The van der Waals surface area contributed by atoms with Gasteiger partial charge < -0.3 is 10.1 Å². The lowest BCUT2D eigenvalue weighted by Crippen LogP contribution is -2.22. The van der Waals surface area contributed by atoms with Gasteiger partial charge in [0, 0.05) is 11.4 Å². The van der Waals surface area contributed by atoms with Crippen LogP contribution in [0.25, 0.3) is 5.69 Å². The summed E-state index contributed by atoms with van der Waals surface area (Å²) in [5.74, 6) is 1.32. The van der Waals surface area contributed by atoms with Crippen LogP contribution in [0.15, 0.2) is 96.2 Å². The summed E-state index contributed by atoms with van der Waals surface area (Å²) < 4.78 is 7.82. The van der Waals surface area contributed by atoms with Crippen LogP contribution < -0.4 is 10.1 Å². The van der Waals surface area contributed by atoms with E-state index in [0.717, 1.165) is 17.1 Å². The van der Waals surface area contributed by atoms with Crippen molar-refractivity contribution in [1.29, 1.82) is 0 Å². The number of nitrogens with one attached hydrogen (secondary N) is 1. The summed E-state index contributed by atoms with van der Waals surface area (Å²) in [4.78, 5) is 12.7. The molecule has 0 aliphatic carbocycles. The molecule has 0 saturated heterocycles. The molecule has 1 amide bonds. The van der Waals surface area contributed by atoms with Crippen LogP contribution in [0.5, 0.6) is 5.75 Å². The van der Waals surface area contributed by atoms with Crippen molar-refractivity contribution >= 4 is 23.4 Å². The molecule has 6 nitrogen and oxygen atoms in total. The van der Waals surface area contributed by atoms with Crippen molar-refractivity contribution in [3.05, 3.63) is 96.8 Å². The van der Waals surface area contributed by atoms with E-state index >= 15 is 0 Å². The molecule has 0 saturated carbocycles. The number of hydrogen-bond acceptors (Lipinski definition) is 5. The molecule has 4 aromatic rings. The average molecular weight is 431 g/mol. The maximum atomic E-state index is 12.7. The number of rotatable bonds is 8. The maximum Gasteiger partial charge on any atom is 0.237 e.